The molecule has 0 atom stereocenters. The molecule has 0 aliphatic heterocycles. The van der Waals surface area contributed by atoms with Crippen LogP contribution in [0.25, 0.3) is 0 Å². The third kappa shape index (κ3) is 2.82. The molecule has 0 saturated carbocycles. The number of hydrogen-bond acceptors (Lipinski definition) is 6. The largest absolute Gasteiger partial charge is 0.464 e. The van der Waals surface area contributed by atoms with E-state index in [4.69, 9.17) is 5.73 Å². The van der Waals surface area contributed by atoms with E-state index in [9.17, 15) is 9.59 Å². The fourth-order valence-electron chi connectivity index (χ4n) is 1.42. The van der Waals surface area contributed by atoms with Gasteiger partial charge in [0.15, 0.2) is 5.69 Å². The normalized spacial score (nSPS) is 10.1. The molecule has 0 fully saturated rings. The number of ether oxygens (including phenoxy) is 2. The highest BCUT2D eigenvalue weighted by Gasteiger charge is 2.23. The number of aromatic amines is 1. The summed E-state index contributed by atoms with van der Waals surface area (Å²) in [7, 11) is 2.51. The number of carbonyl (C=O) groups excluding carboxylic acids is 2. The van der Waals surface area contributed by atoms with E-state index in [-0.39, 0.29) is 11.4 Å². The number of esters is 2. The van der Waals surface area contributed by atoms with E-state index in [2.05, 4.69) is 19.7 Å². The van der Waals surface area contributed by atoms with Crippen LogP contribution in [0.3, 0.4) is 0 Å². The van der Waals surface area contributed by atoms with Gasteiger partial charge in [-0.25, -0.2) is 9.59 Å². The van der Waals surface area contributed by atoms with Crippen molar-refractivity contribution in [3.05, 3.63) is 17.0 Å². The highest BCUT2D eigenvalue weighted by molar-refractivity contribution is 5.95. The molecule has 17 heavy (non-hydrogen) atoms. The molecule has 7 nitrogen and oxygen atoms in total. The summed E-state index contributed by atoms with van der Waals surface area (Å²) >= 11 is 0. The summed E-state index contributed by atoms with van der Waals surface area (Å²) in [5, 5.41) is 6.25. The fraction of sp³-hybridized carbons (Fsp3) is 0.500. The second-order valence-corrected chi connectivity index (χ2v) is 3.30. The van der Waals surface area contributed by atoms with Gasteiger partial charge in [-0.2, -0.15) is 5.10 Å². The Bertz CT molecular complexity index is 380. The maximum absolute atomic E-state index is 11.4. The molecule has 1 aromatic rings. The number of aromatic nitrogens is 2. The second-order valence-electron chi connectivity index (χ2n) is 3.30. The van der Waals surface area contributed by atoms with Gasteiger partial charge in [-0.05, 0) is 19.4 Å². The van der Waals surface area contributed by atoms with Crippen LogP contribution >= 0.6 is 0 Å². The molecule has 94 valence electrons. The SMILES string of the molecule is COC(=O)c1n[nH]c(C(=O)OC)c1CCCN. The molecule has 0 aliphatic carbocycles. The highest BCUT2D eigenvalue weighted by Crippen LogP contribution is 2.15. The van der Waals surface area contributed by atoms with E-state index in [1.165, 1.54) is 14.2 Å². The van der Waals surface area contributed by atoms with Gasteiger partial charge < -0.3 is 15.2 Å². The van der Waals surface area contributed by atoms with Crippen molar-refractivity contribution in [2.75, 3.05) is 20.8 Å². The van der Waals surface area contributed by atoms with Gasteiger partial charge in [0.1, 0.15) is 5.69 Å². The Morgan fingerprint density at radius 1 is 1.29 bits per heavy atom. The van der Waals surface area contributed by atoms with Gasteiger partial charge in [0.05, 0.1) is 14.2 Å². The molecule has 0 amide bonds. The van der Waals surface area contributed by atoms with Gasteiger partial charge >= 0.3 is 11.9 Å². The fourth-order valence-corrected chi connectivity index (χ4v) is 1.42. The van der Waals surface area contributed by atoms with E-state index in [1.54, 1.807) is 0 Å². The van der Waals surface area contributed by atoms with Crippen molar-refractivity contribution in [3.63, 3.8) is 0 Å². The molecular formula is C10H15N3O4. The first-order valence-corrected chi connectivity index (χ1v) is 5.09. The van der Waals surface area contributed by atoms with E-state index < -0.39 is 11.9 Å². The smallest absolute Gasteiger partial charge is 0.358 e. The van der Waals surface area contributed by atoms with Crippen molar-refractivity contribution in [2.45, 2.75) is 12.8 Å². The third-order valence-corrected chi connectivity index (χ3v) is 2.27. The number of carbonyl (C=O) groups is 2. The van der Waals surface area contributed by atoms with Gasteiger partial charge in [-0.1, -0.05) is 0 Å². The molecule has 1 heterocycles. The summed E-state index contributed by atoms with van der Waals surface area (Å²) in [6.45, 7) is 0.451. The van der Waals surface area contributed by atoms with Crippen molar-refractivity contribution < 1.29 is 19.1 Å². The molecule has 1 rings (SSSR count). The Labute approximate surface area is 98.3 Å². The van der Waals surface area contributed by atoms with Gasteiger partial charge in [-0.15, -0.1) is 0 Å². The minimum atomic E-state index is -0.594. The van der Waals surface area contributed by atoms with Gasteiger partial charge in [0.25, 0.3) is 0 Å². The Morgan fingerprint density at radius 2 is 1.94 bits per heavy atom. The van der Waals surface area contributed by atoms with Crippen LogP contribution in [0.15, 0.2) is 0 Å². The minimum absolute atomic E-state index is 0.0985. The monoisotopic (exact) mass is 241 g/mol. The maximum Gasteiger partial charge on any atom is 0.358 e. The van der Waals surface area contributed by atoms with Crippen molar-refractivity contribution in [3.8, 4) is 0 Å². The molecule has 0 radical (unpaired) electrons. The molecule has 0 saturated heterocycles. The molecule has 3 N–H and O–H groups in total. The number of nitrogens with one attached hydrogen (secondary N) is 1. The van der Waals surface area contributed by atoms with Gasteiger partial charge in [0.2, 0.25) is 0 Å². The van der Waals surface area contributed by atoms with Gasteiger partial charge in [0, 0.05) is 5.56 Å². The van der Waals surface area contributed by atoms with Crippen LogP contribution in [-0.2, 0) is 15.9 Å². The molecule has 0 aliphatic rings. The van der Waals surface area contributed by atoms with Gasteiger partial charge in [-0.3, -0.25) is 5.10 Å². The van der Waals surface area contributed by atoms with Crippen molar-refractivity contribution in [1.82, 2.24) is 10.2 Å². The molecule has 1 aromatic heterocycles. The Morgan fingerprint density at radius 3 is 2.47 bits per heavy atom. The van der Waals surface area contributed by atoms with E-state index in [1.807, 2.05) is 0 Å². The van der Waals surface area contributed by atoms with Crippen LogP contribution in [0.2, 0.25) is 0 Å². The summed E-state index contributed by atoms with van der Waals surface area (Å²) < 4.78 is 9.17. The molecule has 0 bridgehead atoms. The first-order valence-electron chi connectivity index (χ1n) is 5.09. The molecule has 0 unspecified atom stereocenters. The number of nitrogens with zero attached hydrogens (tertiary/aromatic N) is 1. The minimum Gasteiger partial charge on any atom is -0.464 e. The lowest BCUT2D eigenvalue weighted by atomic mass is 10.1. The van der Waals surface area contributed by atoms with Crippen LogP contribution in [0.4, 0.5) is 0 Å². The Hall–Kier alpha value is -1.89. The predicted molar refractivity (Wildman–Crippen MR) is 58.6 cm³/mol. The molecule has 0 spiro atoms. The quantitative estimate of drug-likeness (QED) is 0.695. The molecule has 0 aromatic carbocycles. The lowest BCUT2D eigenvalue weighted by Crippen LogP contribution is -2.11. The number of H-pyrrole nitrogens is 1. The predicted octanol–water partition coefficient (Wildman–Crippen LogP) is -0.126. The Balaban J connectivity index is 3.10. The van der Waals surface area contributed by atoms with E-state index >= 15 is 0 Å². The molecule has 7 heteroatoms. The van der Waals surface area contributed by atoms with Crippen molar-refractivity contribution in [1.29, 1.82) is 0 Å². The summed E-state index contributed by atoms with van der Waals surface area (Å²) in [5.41, 5.74) is 6.15. The highest BCUT2D eigenvalue weighted by atomic mass is 16.5. The third-order valence-electron chi connectivity index (χ3n) is 2.27. The summed E-state index contributed by atoms with van der Waals surface area (Å²) in [5.74, 6) is -1.16. The van der Waals surface area contributed by atoms with E-state index in [0.29, 0.717) is 24.9 Å². The number of hydrogen-bond donors (Lipinski definition) is 2. The van der Waals surface area contributed by atoms with Crippen LogP contribution < -0.4 is 5.73 Å². The zero-order valence-corrected chi connectivity index (χ0v) is 9.78. The van der Waals surface area contributed by atoms with Crippen LogP contribution in [0.1, 0.15) is 33.0 Å². The second kappa shape index (κ2) is 6.00. The molecular weight excluding hydrogens is 226 g/mol. The van der Waals surface area contributed by atoms with Crippen LogP contribution in [-0.4, -0.2) is 42.9 Å². The zero-order valence-electron chi connectivity index (χ0n) is 9.78. The van der Waals surface area contributed by atoms with E-state index in [0.717, 1.165) is 0 Å². The van der Waals surface area contributed by atoms with Crippen molar-refractivity contribution >= 4 is 11.9 Å². The maximum atomic E-state index is 11.4. The summed E-state index contributed by atoms with van der Waals surface area (Å²) in [4.78, 5) is 22.9. The lowest BCUT2D eigenvalue weighted by molar-refractivity contribution is 0.0588. The lowest BCUT2D eigenvalue weighted by Gasteiger charge is -2.02. The average Bonchev–Trinajstić information content (AvgIpc) is 2.77. The number of methoxy groups -OCH3 is 2. The first kappa shape index (κ1) is 13.2. The van der Waals surface area contributed by atoms with Crippen LogP contribution in [0.5, 0.6) is 0 Å². The summed E-state index contributed by atoms with van der Waals surface area (Å²) in [6.07, 6.45) is 1.09. The number of rotatable bonds is 5. The van der Waals surface area contributed by atoms with Crippen LogP contribution in [0, 0.1) is 0 Å². The summed E-state index contributed by atoms with van der Waals surface area (Å²) in [6, 6.07) is 0. The zero-order chi connectivity index (χ0) is 12.8. The first-order chi connectivity index (χ1) is 8.15. The Kier molecular flexibility index (Phi) is 4.65. The van der Waals surface area contributed by atoms with Crippen molar-refractivity contribution in [2.24, 2.45) is 5.73 Å². The topological polar surface area (TPSA) is 107 Å². The average molecular weight is 241 g/mol. The standard InChI is InChI=1S/C10H15N3O4/c1-16-9(14)7-6(4-3-5-11)8(13-12-7)10(15)17-2/h3-5,11H2,1-2H3,(H,12,13). The number of nitrogens with two attached hydrogens (primary N) is 1.